The van der Waals surface area contributed by atoms with Crippen LogP contribution in [0.2, 0.25) is 0 Å². The second-order valence-electron chi connectivity index (χ2n) is 6.60. The van der Waals surface area contributed by atoms with Gasteiger partial charge in [-0.05, 0) is 32.0 Å². The van der Waals surface area contributed by atoms with Gasteiger partial charge in [0.15, 0.2) is 5.65 Å². The van der Waals surface area contributed by atoms with E-state index in [0.29, 0.717) is 35.4 Å². The first kappa shape index (κ1) is 20.2. The summed E-state index contributed by atoms with van der Waals surface area (Å²) in [4.78, 5) is 43.2. The van der Waals surface area contributed by atoms with Crippen LogP contribution in [0.4, 0.5) is 5.69 Å². The molecule has 29 heavy (non-hydrogen) atoms. The van der Waals surface area contributed by atoms with Crippen molar-refractivity contribution in [3.8, 4) is 0 Å². The molecular weight excluding hydrogens is 372 g/mol. The van der Waals surface area contributed by atoms with E-state index in [4.69, 9.17) is 0 Å². The Kier molecular flexibility index (Phi) is 6.06. The van der Waals surface area contributed by atoms with Gasteiger partial charge in [-0.3, -0.25) is 23.6 Å². The fraction of sp³-hybridized carbons (Fsp3) is 0.350. The molecule has 2 heterocycles. The molecule has 3 aromatic rings. The second kappa shape index (κ2) is 8.68. The molecule has 2 amide bonds. The zero-order valence-corrected chi connectivity index (χ0v) is 16.8. The van der Waals surface area contributed by atoms with Crippen LogP contribution >= 0.6 is 0 Å². The van der Waals surface area contributed by atoms with E-state index in [1.807, 2.05) is 13.8 Å². The number of amides is 2. The Bertz CT molecular complexity index is 1100. The van der Waals surface area contributed by atoms with Gasteiger partial charge < -0.3 is 10.2 Å². The maximum Gasteiger partial charge on any atom is 0.264 e. The van der Waals surface area contributed by atoms with Crippen molar-refractivity contribution in [2.45, 2.75) is 26.8 Å². The molecule has 9 nitrogen and oxygen atoms in total. The van der Waals surface area contributed by atoms with E-state index >= 15 is 0 Å². The van der Waals surface area contributed by atoms with E-state index < -0.39 is 0 Å². The van der Waals surface area contributed by atoms with E-state index in [-0.39, 0.29) is 30.3 Å². The van der Waals surface area contributed by atoms with Crippen LogP contribution in [0.15, 0.2) is 41.6 Å². The molecule has 0 aliphatic heterocycles. The molecule has 0 unspecified atom stereocenters. The van der Waals surface area contributed by atoms with Crippen molar-refractivity contribution in [3.63, 3.8) is 0 Å². The number of fused-ring (bicyclic) bond motifs is 1. The number of nitrogens with zero attached hydrogens (tertiary/aromatic N) is 5. The van der Waals surface area contributed by atoms with Crippen molar-refractivity contribution in [2.75, 3.05) is 18.4 Å². The normalized spacial score (nSPS) is 10.9. The molecule has 3 rings (SSSR count). The van der Waals surface area contributed by atoms with Gasteiger partial charge in [-0.2, -0.15) is 5.10 Å². The Balaban J connectivity index is 1.66. The number of benzene rings is 1. The lowest BCUT2D eigenvalue weighted by Gasteiger charge is -2.19. The van der Waals surface area contributed by atoms with Crippen LogP contribution in [0.1, 0.15) is 30.6 Å². The summed E-state index contributed by atoms with van der Waals surface area (Å²) < 4.78 is 2.92. The van der Waals surface area contributed by atoms with Gasteiger partial charge in [0.1, 0.15) is 5.39 Å². The van der Waals surface area contributed by atoms with E-state index in [2.05, 4.69) is 15.4 Å². The quantitative estimate of drug-likeness (QED) is 0.654. The van der Waals surface area contributed by atoms with Gasteiger partial charge in [-0.15, -0.1) is 0 Å². The van der Waals surface area contributed by atoms with Crippen LogP contribution < -0.4 is 10.9 Å². The molecule has 0 saturated carbocycles. The van der Waals surface area contributed by atoms with Crippen molar-refractivity contribution in [3.05, 3.63) is 52.7 Å². The highest BCUT2D eigenvalue weighted by Crippen LogP contribution is 2.13. The maximum atomic E-state index is 12.5. The molecule has 0 fully saturated rings. The minimum atomic E-state index is -0.254. The summed E-state index contributed by atoms with van der Waals surface area (Å²) in [7, 11) is 1.71. The largest absolute Gasteiger partial charge is 0.339 e. The van der Waals surface area contributed by atoms with Crippen LogP contribution in [0.5, 0.6) is 0 Å². The first-order valence-corrected chi connectivity index (χ1v) is 9.51. The third-order valence-electron chi connectivity index (χ3n) is 4.74. The van der Waals surface area contributed by atoms with Gasteiger partial charge in [-0.25, -0.2) is 4.98 Å². The topological polar surface area (TPSA) is 102 Å². The molecule has 1 N–H and O–H groups in total. The SMILES string of the molecule is CCN(CC)C(=O)c1cccc(NC(=O)CCn2cnc3c(cnn3C)c2=O)c1. The van der Waals surface area contributed by atoms with Gasteiger partial charge in [0, 0.05) is 44.4 Å². The van der Waals surface area contributed by atoms with Crippen LogP contribution in [-0.4, -0.2) is 49.1 Å². The Morgan fingerprint density at radius 1 is 1.21 bits per heavy atom. The summed E-state index contributed by atoms with van der Waals surface area (Å²) in [6.07, 6.45) is 2.99. The number of anilines is 1. The van der Waals surface area contributed by atoms with Gasteiger partial charge >= 0.3 is 0 Å². The standard InChI is InChI=1S/C20H24N6O3/c1-4-25(5-2)19(28)14-7-6-8-15(11-14)23-17(27)9-10-26-13-21-18-16(20(26)29)12-22-24(18)3/h6-8,11-13H,4-5,9-10H2,1-3H3,(H,23,27). The van der Waals surface area contributed by atoms with Crippen LogP contribution in [0.3, 0.4) is 0 Å². The number of nitrogens with one attached hydrogen (secondary N) is 1. The summed E-state index contributed by atoms with van der Waals surface area (Å²) >= 11 is 0. The summed E-state index contributed by atoms with van der Waals surface area (Å²) in [5.74, 6) is -0.330. The van der Waals surface area contributed by atoms with Crippen LogP contribution in [0.25, 0.3) is 11.0 Å². The number of aryl methyl sites for hydroxylation is 2. The predicted molar refractivity (Wildman–Crippen MR) is 110 cm³/mol. The molecule has 0 saturated heterocycles. The molecule has 0 bridgehead atoms. The summed E-state index contributed by atoms with van der Waals surface area (Å²) in [6, 6.07) is 6.85. The minimum absolute atomic E-state index is 0.0755. The number of carbonyl (C=O) groups is 2. The molecule has 9 heteroatoms. The first-order chi connectivity index (χ1) is 13.9. The van der Waals surface area contributed by atoms with Crippen molar-refractivity contribution < 1.29 is 9.59 Å². The van der Waals surface area contributed by atoms with Crippen molar-refractivity contribution in [2.24, 2.45) is 7.05 Å². The van der Waals surface area contributed by atoms with Gasteiger partial charge in [-0.1, -0.05) is 6.07 Å². The second-order valence-corrected chi connectivity index (χ2v) is 6.60. The Morgan fingerprint density at radius 3 is 2.69 bits per heavy atom. The lowest BCUT2D eigenvalue weighted by atomic mass is 10.1. The predicted octanol–water partition coefficient (Wildman–Crippen LogP) is 1.64. The highest BCUT2D eigenvalue weighted by molar-refractivity contribution is 5.97. The minimum Gasteiger partial charge on any atom is -0.339 e. The number of carbonyl (C=O) groups excluding carboxylic acids is 2. The molecule has 0 aliphatic carbocycles. The van der Waals surface area contributed by atoms with Gasteiger partial charge in [0.25, 0.3) is 11.5 Å². The summed E-state index contributed by atoms with van der Waals surface area (Å²) in [5.41, 5.74) is 1.34. The van der Waals surface area contributed by atoms with E-state index in [1.165, 1.54) is 21.8 Å². The first-order valence-electron chi connectivity index (χ1n) is 9.51. The molecule has 152 valence electrons. The lowest BCUT2D eigenvalue weighted by molar-refractivity contribution is -0.116. The van der Waals surface area contributed by atoms with Gasteiger partial charge in [0.05, 0.1) is 12.5 Å². The van der Waals surface area contributed by atoms with E-state index in [9.17, 15) is 14.4 Å². The summed E-state index contributed by atoms with van der Waals surface area (Å²) in [6.45, 7) is 5.28. The average molecular weight is 396 g/mol. The number of hydrogen-bond acceptors (Lipinski definition) is 5. The fourth-order valence-electron chi connectivity index (χ4n) is 3.09. The number of hydrogen-bond donors (Lipinski definition) is 1. The monoisotopic (exact) mass is 396 g/mol. The Hall–Kier alpha value is -3.49. The lowest BCUT2D eigenvalue weighted by Crippen LogP contribution is -2.30. The third kappa shape index (κ3) is 4.34. The molecule has 0 spiro atoms. The molecule has 1 aromatic carbocycles. The summed E-state index contributed by atoms with van der Waals surface area (Å²) in [5, 5.41) is 7.22. The maximum absolute atomic E-state index is 12.5. The molecule has 0 atom stereocenters. The molecule has 0 radical (unpaired) electrons. The third-order valence-corrected chi connectivity index (χ3v) is 4.74. The van der Waals surface area contributed by atoms with Crippen molar-refractivity contribution >= 4 is 28.5 Å². The molecule has 2 aromatic heterocycles. The zero-order valence-electron chi connectivity index (χ0n) is 16.8. The highest BCUT2D eigenvalue weighted by atomic mass is 16.2. The van der Waals surface area contributed by atoms with Crippen LogP contribution in [0, 0.1) is 0 Å². The van der Waals surface area contributed by atoms with Crippen molar-refractivity contribution in [1.82, 2.24) is 24.2 Å². The molecule has 0 aliphatic rings. The van der Waals surface area contributed by atoms with Crippen molar-refractivity contribution in [1.29, 1.82) is 0 Å². The fourth-order valence-corrected chi connectivity index (χ4v) is 3.09. The van der Waals surface area contributed by atoms with Crippen LogP contribution in [-0.2, 0) is 18.4 Å². The van der Waals surface area contributed by atoms with E-state index in [0.717, 1.165) is 0 Å². The smallest absolute Gasteiger partial charge is 0.264 e. The molecular formula is C20H24N6O3. The number of rotatable bonds is 7. The average Bonchev–Trinajstić information content (AvgIpc) is 3.10. The Morgan fingerprint density at radius 2 is 1.97 bits per heavy atom. The number of aromatic nitrogens is 4. The zero-order chi connectivity index (χ0) is 21.0. The van der Waals surface area contributed by atoms with E-state index in [1.54, 1.807) is 36.2 Å². The highest BCUT2D eigenvalue weighted by Gasteiger charge is 2.14. The Labute approximate surface area is 168 Å². The van der Waals surface area contributed by atoms with Gasteiger partial charge in [0.2, 0.25) is 5.91 Å².